The fraction of sp³-hybridized carbons (Fsp3) is 0.333. The quantitative estimate of drug-likeness (QED) is 0.435. The number of amides is 2. The summed E-state index contributed by atoms with van der Waals surface area (Å²) in [5, 5.41) is 11.7. The highest BCUT2D eigenvalue weighted by molar-refractivity contribution is 5.81. The number of carboxylic acid groups (broad SMARTS) is 1. The predicted molar refractivity (Wildman–Crippen MR) is 29.9 cm³/mol. The van der Waals surface area contributed by atoms with Gasteiger partial charge in [0, 0.05) is 0 Å². The van der Waals surface area contributed by atoms with Crippen molar-refractivity contribution >= 4 is 12.0 Å². The van der Waals surface area contributed by atoms with Crippen LogP contribution in [0.15, 0.2) is 5.18 Å². The molecule has 7 heteroatoms. The second-order valence-electron chi connectivity index (χ2n) is 1.35. The van der Waals surface area contributed by atoms with Crippen LogP contribution in [0.3, 0.4) is 0 Å². The Hall–Kier alpha value is -1.66. The molecule has 1 atom stereocenters. The van der Waals surface area contributed by atoms with E-state index in [0.717, 1.165) is 0 Å². The number of hydrogen-bond donors (Lipinski definition) is 3. The fourth-order valence-electron chi connectivity index (χ4n) is 0.268. The molecule has 4 N–H and O–H groups in total. The highest BCUT2D eigenvalue weighted by Crippen LogP contribution is 1.82. The minimum Gasteiger partial charge on any atom is -0.478 e. The first-order valence-corrected chi connectivity index (χ1v) is 2.19. The molecule has 0 spiro atoms. The number of hydrogen-bond acceptors (Lipinski definition) is 4. The van der Waals surface area contributed by atoms with Crippen LogP contribution in [0.2, 0.25) is 0 Å². The van der Waals surface area contributed by atoms with Crippen molar-refractivity contribution in [2.45, 2.75) is 6.17 Å². The number of nitrogens with two attached hydrogens (primary N) is 1. The van der Waals surface area contributed by atoms with E-state index in [4.69, 9.17) is 5.11 Å². The molecule has 0 saturated heterocycles. The van der Waals surface area contributed by atoms with E-state index in [2.05, 4.69) is 10.9 Å². The van der Waals surface area contributed by atoms with Gasteiger partial charge in [-0.05, 0) is 5.18 Å². The van der Waals surface area contributed by atoms with Crippen LogP contribution < -0.4 is 11.1 Å². The van der Waals surface area contributed by atoms with Gasteiger partial charge < -0.3 is 16.2 Å². The largest absolute Gasteiger partial charge is 0.478 e. The summed E-state index contributed by atoms with van der Waals surface area (Å²) in [5.41, 5.74) is 4.49. The van der Waals surface area contributed by atoms with Crippen molar-refractivity contribution < 1.29 is 14.7 Å². The number of urea groups is 1. The summed E-state index contributed by atoms with van der Waals surface area (Å²) in [6.45, 7) is 0. The maximum Gasteiger partial charge on any atom is 0.353 e. The van der Waals surface area contributed by atoms with Crippen LogP contribution in [0.25, 0.3) is 0 Å². The summed E-state index contributed by atoms with van der Waals surface area (Å²) < 4.78 is 0. The van der Waals surface area contributed by atoms with E-state index in [1.165, 1.54) is 0 Å². The zero-order valence-electron chi connectivity index (χ0n) is 4.77. The van der Waals surface area contributed by atoms with Gasteiger partial charge in [-0.2, -0.15) is 0 Å². The Morgan fingerprint density at radius 1 is 1.60 bits per heavy atom. The van der Waals surface area contributed by atoms with Crippen LogP contribution in [0, 0.1) is 4.91 Å². The highest BCUT2D eigenvalue weighted by atomic mass is 16.4. The second kappa shape index (κ2) is 3.38. The first kappa shape index (κ1) is 8.34. The minimum atomic E-state index is -1.79. The number of primary amides is 1. The number of carbonyl (C=O) groups is 2. The van der Waals surface area contributed by atoms with E-state index in [-0.39, 0.29) is 0 Å². The third-order valence-electron chi connectivity index (χ3n) is 0.618. The van der Waals surface area contributed by atoms with Crippen LogP contribution in [-0.2, 0) is 4.79 Å². The number of carbonyl (C=O) groups excluding carboxylic acids is 1. The normalized spacial score (nSPS) is 11.6. The van der Waals surface area contributed by atoms with Gasteiger partial charge >= 0.3 is 12.0 Å². The molecule has 0 aromatic heterocycles. The van der Waals surface area contributed by atoms with Crippen molar-refractivity contribution in [2.75, 3.05) is 0 Å². The zero-order valence-corrected chi connectivity index (χ0v) is 4.77. The minimum absolute atomic E-state index is 1.10. The summed E-state index contributed by atoms with van der Waals surface area (Å²) in [4.78, 5) is 29.4. The summed E-state index contributed by atoms with van der Waals surface area (Å²) in [5.74, 6) is -1.55. The Labute approximate surface area is 55.2 Å². The lowest BCUT2D eigenvalue weighted by Crippen LogP contribution is -2.42. The maximum atomic E-state index is 9.92. The van der Waals surface area contributed by atoms with Crippen molar-refractivity contribution in [2.24, 2.45) is 10.9 Å². The molecule has 0 heterocycles. The van der Waals surface area contributed by atoms with Gasteiger partial charge in [0.2, 0.25) is 0 Å². The van der Waals surface area contributed by atoms with Crippen molar-refractivity contribution in [1.82, 2.24) is 5.32 Å². The smallest absolute Gasteiger partial charge is 0.353 e. The Bertz CT molecular complexity index is 167. The van der Waals surface area contributed by atoms with E-state index in [1.54, 1.807) is 5.32 Å². The Morgan fingerprint density at radius 3 is 2.20 bits per heavy atom. The van der Waals surface area contributed by atoms with Gasteiger partial charge in [0.25, 0.3) is 6.17 Å². The molecule has 0 aliphatic heterocycles. The first-order chi connectivity index (χ1) is 4.57. The van der Waals surface area contributed by atoms with Crippen LogP contribution in [-0.4, -0.2) is 23.3 Å². The van der Waals surface area contributed by atoms with Crippen LogP contribution >= 0.6 is 0 Å². The van der Waals surface area contributed by atoms with Crippen molar-refractivity contribution in [1.29, 1.82) is 0 Å². The second-order valence-corrected chi connectivity index (χ2v) is 1.35. The summed E-state index contributed by atoms with van der Waals surface area (Å²) in [6, 6.07) is -1.10. The molecule has 10 heavy (non-hydrogen) atoms. The van der Waals surface area contributed by atoms with Gasteiger partial charge in [0.15, 0.2) is 0 Å². The standard InChI is InChI=1S/C3H5N3O4/c4-3(9)5-1(6-10)2(7)8/h1H,(H,7,8)(H3,4,5,9). The number of carboxylic acids is 1. The molecule has 0 bridgehead atoms. The molecule has 1 unspecified atom stereocenters. The molecule has 0 rings (SSSR count). The number of aliphatic carboxylic acids is 1. The molecular weight excluding hydrogens is 142 g/mol. The van der Waals surface area contributed by atoms with Crippen LogP contribution in [0.4, 0.5) is 4.79 Å². The molecule has 0 radical (unpaired) electrons. The molecule has 0 aromatic rings. The Kier molecular flexibility index (Phi) is 2.82. The lowest BCUT2D eigenvalue weighted by Gasteiger charge is -2.01. The van der Waals surface area contributed by atoms with Gasteiger partial charge in [-0.3, -0.25) is 0 Å². The predicted octanol–water partition coefficient (Wildman–Crippen LogP) is -1.17. The number of nitrogens with one attached hydrogen (secondary N) is 1. The maximum absolute atomic E-state index is 9.92. The van der Waals surface area contributed by atoms with Gasteiger partial charge in [0.1, 0.15) is 0 Å². The monoisotopic (exact) mass is 147 g/mol. The molecule has 7 nitrogen and oxygen atoms in total. The molecule has 0 aromatic carbocycles. The van der Waals surface area contributed by atoms with Gasteiger partial charge in [-0.15, -0.1) is 4.91 Å². The van der Waals surface area contributed by atoms with Crippen molar-refractivity contribution in [3.63, 3.8) is 0 Å². The molecule has 56 valence electrons. The molecule has 0 saturated carbocycles. The summed E-state index contributed by atoms with van der Waals surface area (Å²) in [6.07, 6.45) is -1.79. The number of nitroso groups, excluding NO2 is 1. The molecule has 0 fully saturated rings. The Balaban J connectivity index is 3.96. The van der Waals surface area contributed by atoms with E-state index in [1.807, 2.05) is 0 Å². The zero-order chi connectivity index (χ0) is 8.15. The van der Waals surface area contributed by atoms with Gasteiger partial charge in [-0.1, -0.05) is 0 Å². The number of rotatable bonds is 3. The van der Waals surface area contributed by atoms with E-state index >= 15 is 0 Å². The third-order valence-corrected chi connectivity index (χ3v) is 0.618. The highest BCUT2D eigenvalue weighted by Gasteiger charge is 2.18. The number of nitrogens with zero attached hydrogens (tertiary/aromatic N) is 1. The van der Waals surface area contributed by atoms with E-state index in [9.17, 15) is 14.5 Å². The lowest BCUT2D eigenvalue weighted by atomic mass is 10.5. The molecule has 2 amide bonds. The first-order valence-electron chi connectivity index (χ1n) is 2.19. The van der Waals surface area contributed by atoms with Crippen LogP contribution in [0.1, 0.15) is 0 Å². The molecule has 0 aliphatic carbocycles. The lowest BCUT2D eigenvalue weighted by molar-refractivity contribution is -0.138. The average molecular weight is 147 g/mol. The SMILES string of the molecule is NC(=O)NC(N=O)C(=O)O. The third kappa shape index (κ3) is 2.60. The topological polar surface area (TPSA) is 122 Å². The van der Waals surface area contributed by atoms with Gasteiger partial charge in [0.05, 0.1) is 0 Å². The van der Waals surface area contributed by atoms with Gasteiger partial charge in [-0.25, -0.2) is 9.59 Å². The fourth-order valence-corrected chi connectivity index (χ4v) is 0.268. The summed E-state index contributed by atoms with van der Waals surface area (Å²) >= 11 is 0. The van der Waals surface area contributed by atoms with E-state index < -0.39 is 18.2 Å². The van der Waals surface area contributed by atoms with Crippen LogP contribution in [0.5, 0.6) is 0 Å². The molecular formula is C3H5N3O4. The average Bonchev–Trinajstić information content (AvgIpc) is 1.81. The Morgan fingerprint density at radius 2 is 2.10 bits per heavy atom. The van der Waals surface area contributed by atoms with Crippen molar-refractivity contribution in [3.05, 3.63) is 4.91 Å². The molecule has 0 aliphatic rings. The summed E-state index contributed by atoms with van der Waals surface area (Å²) in [7, 11) is 0. The van der Waals surface area contributed by atoms with E-state index in [0.29, 0.717) is 0 Å². The van der Waals surface area contributed by atoms with Crippen molar-refractivity contribution in [3.8, 4) is 0 Å².